The smallest absolute Gasteiger partial charge is 0.141 e. The van der Waals surface area contributed by atoms with E-state index in [1.54, 1.807) is 16.9 Å². The molecule has 1 unspecified atom stereocenters. The van der Waals surface area contributed by atoms with Gasteiger partial charge in [0.2, 0.25) is 0 Å². The van der Waals surface area contributed by atoms with Crippen LogP contribution in [-0.4, -0.2) is 14.8 Å². The number of aromatic nitrogens is 3. The van der Waals surface area contributed by atoms with Crippen molar-refractivity contribution >= 4 is 21.7 Å². The van der Waals surface area contributed by atoms with E-state index in [-0.39, 0.29) is 11.9 Å². The van der Waals surface area contributed by atoms with Crippen molar-refractivity contribution in [3.8, 4) is 0 Å². The summed E-state index contributed by atoms with van der Waals surface area (Å²) in [7, 11) is 0. The zero-order chi connectivity index (χ0) is 11.7. The molecule has 2 N–H and O–H groups in total. The summed E-state index contributed by atoms with van der Waals surface area (Å²) in [5.74, 6) is 0.171. The van der Waals surface area contributed by atoms with Crippen LogP contribution < -0.4 is 5.73 Å². The summed E-state index contributed by atoms with van der Waals surface area (Å²) >= 11 is 3.28. The molecule has 0 bridgehead atoms. The van der Waals surface area contributed by atoms with Crippen LogP contribution >= 0.6 is 15.9 Å². The third-order valence-electron chi connectivity index (χ3n) is 2.33. The molecular weight excluding hydrogens is 275 g/mol. The lowest BCUT2D eigenvalue weighted by Crippen LogP contribution is -2.12. The van der Waals surface area contributed by atoms with Crippen LogP contribution in [0.1, 0.15) is 18.7 Å². The molecule has 0 aromatic carbocycles. The highest BCUT2D eigenvalue weighted by molar-refractivity contribution is 9.10. The highest BCUT2D eigenvalue weighted by Crippen LogP contribution is 2.24. The molecule has 4 nitrogen and oxygen atoms in total. The van der Waals surface area contributed by atoms with Gasteiger partial charge in [-0.2, -0.15) is 5.10 Å². The second-order valence-corrected chi connectivity index (χ2v) is 4.25. The average molecular weight is 285 g/mol. The van der Waals surface area contributed by atoms with Crippen molar-refractivity contribution in [2.75, 3.05) is 5.73 Å². The Morgan fingerprint density at radius 3 is 2.69 bits per heavy atom. The van der Waals surface area contributed by atoms with E-state index in [0.29, 0.717) is 11.5 Å². The van der Waals surface area contributed by atoms with E-state index < -0.39 is 0 Å². The number of rotatable bonds is 2. The Balaban J connectivity index is 2.35. The van der Waals surface area contributed by atoms with Gasteiger partial charge in [0, 0.05) is 0 Å². The lowest BCUT2D eigenvalue weighted by atomic mass is 10.2. The van der Waals surface area contributed by atoms with Crippen LogP contribution in [0, 0.1) is 5.82 Å². The number of halogens is 2. The lowest BCUT2D eigenvalue weighted by Gasteiger charge is -2.13. The monoisotopic (exact) mass is 284 g/mol. The van der Waals surface area contributed by atoms with Gasteiger partial charge in [-0.3, -0.25) is 4.98 Å². The van der Waals surface area contributed by atoms with Crippen LogP contribution in [0.25, 0.3) is 0 Å². The Morgan fingerprint density at radius 1 is 1.44 bits per heavy atom. The Morgan fingerprint density at radius 2 is 2.19 bits per heavy atom. The molecule has 6 heteroatoms. The molecule has 0 saturated carbocycles. The highest BCUT2D eigenvalue weighted by atomic mass is 79.9. The first-order valence-electron chi connectivity index (χ1n) is 4.69. The van der Waals surface area contributed by atoms with Crippen molar-refractivity contribution in [1.82, 2.24) is 14.8 Å². The number of nitrogens with two attached hydrogens (primary N) is 1. The van der Waals surface area contributed by atoms with Crippen LogP contribution in [0.3, 0.4) is 0 Å². The summed E-state index contributed by atoms with van der Waals surface area (Å²) in [4.78, 5) is 4.00. The number of pyridine rings is 1. The number of nitrogen functional groups attached to an aromatic ring is 1. The first-order valence-corrected chi connectivity index (χ1v) is 5.49. The van der Waals surface area contributed by atoms with Crippen molar-refractivity contribution in [3.05, 3.63) is 40.5 Å². The highest BCUT2D eigenvalue weighted by Gasteiger charge is 2.14. The maximum absolute atomic E-state index is 12.7. The van der Waals surface area contributed by atoms with Crippen LogP contribution in [0.5, 0.6) is 0 Å². The Kier molecular flexibility index (Phi) is 2.91. The minimum atomic E-state index is -0.356. The average Bonchev–Trinajstić information content (AvgIpc) is 2.60. The molecule has 0 aliphatic rings. The third kappa shape index (κ3) is 1.92. The molecule has 0 aliphatic carbocycles. The first-order chi connectivity index (χ1) is 7.59. The van der Waals surface area contributed by atoms with Crippen molar-refractivity contribution in [2.24, 2.45) is 0 Å². The van der Waals surface area contributed by atoms with Crippen molar-refractivity contribution in [2.45, 2.75) is 13.0 Å². The number of nitrogens with zero attached hydrogens (tertiary/aromatic N) is 3. The van der Waals surface area contributed by atoms with Crippen LogP contribution in [0.2, 0.25) is 0 Å². The Labute approximate surface area is 100 Å². The van der Waals surface area contributed by atoms with Gasteiger partial charge in [0.1, 0.15) is 11.6 Å². The zero-order valence-electron chi connectivity index (χ0n) is 8.56. The second-order valence-electron chi connectivity index (χ2n) is 3.40. The van der Waals surface area contributed by atoms with Gasteiger partial charge < -0.3 is 5.73 Å². The normalized spacial score (nSPS) is 12.7. The van der Waals surface area contributed by atoms with E-state index in [1.807, 2.05) is 6.92 Å². The van der Waals surface area contributed by atoms with Gasteiger partial charge in [-0.15, -0.1) is 0 Å². The summed E-state index contributed by atoms with van der Waals surface area (Å²) < 4.78 is 15.1. The summed E-state index contributed by atoms with van der Waals surface area (Å²) in [5, 5.41) is 4.13. The SMILES string of the molecule is CC(c1ccc(F)cn1)n1ncc(Br)c1N. The van der Waals surface area contributed by atoms with Crippen LogP contribution in [0.4, 0.5) is 10.2 Å². The molecule has 0 saturated heterocycles. The van der Waals surface area contributed by atoms with Crippen molar-refractivity contribution in [3.63, 3.8) is 0 Å². The van der Waals surface area contributed by atoms with Gasteiger partial charge >= 0.3 is 0 Å². The van der Waals surface area contributed by atoms with E-state index in [4.69, 9.17) is 5.73 Å². The van der Waals surface area contributed by atoms with E-state index in [1.165, 1.54) is 12.3 Å². The van der Waals surface area contributed by atoms with Gasteiger partial charge in [-0.25, -0.2) is 9.07 Å². The standard InChI is InChI=1S/C10H10BrFN4/c1-6(9-3-2-7(12)4-14-9)16-10(13)8(11)5-15-16/h2-6H,13H2,1H3. The van der Waals surface area contributed by atoms with Gasteiger partial charge in [-0.05, 0) is 35.0 Å². The molecule has 0 radical (unpaired) electrons. The number of anilines is 1. The lowest BCUT2D eigenvalue weighted by molar-refractivity contribution is 0.552. The predicted molar refractivity (Wildman–Crippen MR) is 62.3 cm³/mol. The third-order valence-corrected chi connectivity index (χ3v) is 2.94. The van der Waals surface area contributed by atoms with E-state index >= 15 is 0 Å². The Hall–Kier alpha value is -1.43. The molecule has 2 rings (SSSR count). The van der Waals surface area contributed by atoms with Crippen LogP contribution in [-0.2, 0) is 0 Å². The molecule has 84 valence electrons. The quantitative estimate of drug-likeness (QED) is 0.921. The fourth-order valence-electron chi connectivity index (χ4n) is 1.42. The summed E-state index contributed by atoms with van der Waals surface area (Å²) in [6, 6.07) is 2.86. The van der Waals surface area contributed by atoms with Gasteiger partial charge in [0.25, 0.3) is 0 Å². The van der Waals surface area contributed by atoms with Gasteiger partial charge in [0.05, 0.1) is 28.6 Å². The predicted octanol–water partition coefficient (Wildman–Crippen LogP) is 2.37. The maximum Gasteiger partial charge on any atom is 0.141 e. The molecule has 2 heterocycles. The largest absolute Gasteiger partial charge is 0.383 e. The number of hydrogen-bond donors (Lipinski definition) is 1. The molecule has 2 aromatic heterocycles. The molecule has 0 aliphatic heterocycles. The summed E-state index contributed by atoms with van der Waals surface area (Å²) in [6.07, 6.45) is 2.80. The van der Waals surface area contributed by atoms with Gasteiger partial charge in [0.15, 0.2) is 0 Å². The topological polar surface area (TPSA) is 56.7 Å². The summed E-state index contributed by atoms with van der Waals surface area (Å²) in [6.45, 7) is 1.90. The zero-order valence-corrected chi connectivity index (χ0v) is 10.1. The molecular formula is C10H10BrFN4. The fourth-order valence-corrected chi connectivity index (χ4v) is 1.69. The fraction of sp³-hybridized carbons (Fsp3) is 0.200. The first kappa shape index (κ1) is 11.1. The Bertz CT molecular complexity index is 494. The van der Waals surface area contributed by atoms with E-state index in [2.05, 4.69) is 26.0 Å². The van der Waals surface area contributed by atoms with Crippen LogP contribution in [0.15, 0.2) is 29.0 Å². The summed E-state index contributed by atoms with van der Waals surface area (Å²) in [5.41, 5.74) is 6.53. The van der Waals surface area contributed by atoms with E-state index in [0.717, 1.165) is 4.47 Å². The van der Waals surface area contributed by atoms with Gasteiger partial charge in [-0.1, -0.05) is 0 Å². The molecule has 0 spiro atoms. The molecule has 1 atom stereocenters. The van der Waals surface area contributed by atoms with Crippen molar-refractivity contribution in [1.29, 1.82) is 0 Å². The molecule has 0 fully saturated rings. The van der Waals surface area contributed by atoms with E-state index in [9.17, 15) is 4.39 Å². The van der Waals surface area contributed by atoms with Crippen molar-refractivity contribution < 1.29 is 4.39 Å². The maximum atomic E-state index is 12.7. The molecule has 0 amide bonds. The number of hydrogen-bond acceptors (Lipinski definition) is 3. The molecule has 2 aromatic rings. The minimum absolute atomic E-state index is 0.133. The minimum Gasteiger partial charge on any atom is -0.383 e. The second kappa shape index (κ2) is 4.21. The molecule has 16 heavy (non-hydrogen) atoms.